The van der Waals surface area contributed by atoms with E-state index in [4.69, 9.17) is 12.2 Å². The number of benzene rings is 1. The molecule has 0 aliphatic heterocycles. The zero-order valence-corrected chi connectivity index (χ0v) is 10.4. The summed E-state index contributed by atoms with van der Waals surface area (Å²) in [5.41, 5.74) is 1.79. The lowest BCUT2D eigenvalue weighted by atomic mass is 10.3. The molecule has 0 saturated heterocycles. The Morgan fingerprint density at radius 2 is 2.12 bits per heavy atom. The summed E-state index contributed by atoms with van der Waals surface area (Å²) in [5, 5.41) is 0. The summed E-state index contributed by atoms with van der Waals surface area (Å²) in [6, 6.07) is 2.58. The maximum atomic E-state index is 13.7. The average molecular weight is 254 g/mol. The van der Waals surface area contributed by atoms with Crippen LogP contribution in [0.3, 0.4) is 0 Å². The molecule has 1 aromatic carbocycles. The number of rotatable bonds is 2. The number of aromatic amines is 1. The first-order chi connectivity index (χ1) is 8.00. The predicted molar refractivity (Wildman–Crippen MR) is 66.5 cm³/mol. The molecule has 0 spiro atoms. The standard InChI is InChI=1S/C12H12F2N2S/c1-7(2)5-6-16-11-9(15-12(16)17)4-3-8(13)10(11)14/h3-5H,6H2,1-2H3,(H,15,17). The molecule has 17 heavy (non-hydrogen) atoms. The van der Waals surface area contributed by atoms with E-state index in [2.05, 4.69) is 4.98 Å². The highest BCUT2D eigenvalue weighted by Crippen LogP contribution is 2.20. The van der Waals surface area contributed by atoms with E-state index >= 15 is 0 Å². The Hall–Kier alpha value is -1.49. The number of hydrogen-bond donors (Lipinski definition) is 1. The van der Waals surface area contributed by atoms with Crippen molar-refractivity contribution in [2.75, 3.05) is 0 Å². The van der Waals surface area contributed by atoms with Crippen LogP contribution in [-0.4, -0.2) is 9.55 Å². The lowest BCUT2D eigenvalue weighted by Gasteiger charge is -2.02. The molecule has 5 heteroatoms. The first kappa shape index (κ1) is 12.0. The van der Waals surface area contributed by atoms with Gasteiger partial charge in [0.05, 0.1) is 5.52 Å². The molecule has 2 aromatic rings. The minimum absolute atomic E-state index is 0.188. The summed E-state index contributed by atoms with van der Waals surface area (Å²) in [6.07, 6.45) is 1.91. The van der Waals surface area contributed by atoms with Crippen molar-refractivity contribution in [1.29, 1.82) is 0 Å². The first-order valence-corrected chi connectivity index (χ1v) is 5.61. The molecule has 1 heterocycles. The van der Waals surface area contributed by atoms with E-state index in [0.29, 0.717) is 16.8 Å². The van der Waals surface area contributed by atoms with Crippen LogP contribution in [0.5, 0.6) is 0 Å². The monoisotopic (exact) mass is 254 g/mol. The van der Waals surface area contributed by atoms with Gasteiger partial charge < -0.3 is 9.55 Å². The normalized spacial score (nSPS) is 10.8. The Morgan fingerprint density at radius 3 is 2.76 bits per heavy atom. The number of allylic oxidation sites excluding steroid dienone is 2. The average Bonchev–Trinajstić information content (AvgIpc) is 2.58. The molecule has 2 rings (SSSR count). The highest BCUT2D eigenvalue weighted by Gasteiger charge is 2.12. The predicted octanol–water partition coefficient (Wildman–Crippen LogP) is 3.94. The third-order valence-corrected chi connectivity index (χ3v) is 2.83. The van der Waals surface area contributed by atoms with Crippen molar-refractivity contribution in [1.82, 2.24) is 9.55 Å². The molecule has 0 aliphatic carbocycles. The van der Waals surface area contributed by atoms with Crippen molar-refractivity contribution in [3.63, 3.8) is 0 Å². The molecule has 0 saturated carbocycles. The number of nitrogens with zero attached hydrogens (tertiary/aromatic N) is 1. The second kappa shape index (κ2) is 4.41. The summed E-state index contributed by atoms with van der Waals surface area (Å²) < 4.78 is 28.8. The van der Waals surface area contributed by atoms with Crippen molar-refractivity contribution in [3.05, 3.63) is 40.2 Å². The molecule has 1 aromatic heterocycles. The molecule has 0 radical (unpaired) electrons. The molecule has 0 fully saturated rings. The van der Waals surface area contributed by atoms with Crippen molar-refractivity contribution in [2.24, 2.45) is 0 Å². The Morgan fingerprint density at radius 1 is 1.41 bits per heavy atom. The summed E-state index contributed by atoms with van der Waals surface area (Å²) in [7, 11) is 0. The van der Waals surface area contributed by atoms with Gasteiger partial charge in [0.2, 0.25) is 0 Å². The molecule has 90 valence electrons. The van der Waals surface area contributed by atoms with Crippen LogP contribution < -0.4 is 0 Å². The van der Waals surface area contributed by atoms with Crippen LogP contribution in [0.15, 0.2) is 23.8 Å². The highest BCUT2D eigenvalue weighted by atomic mass is 32.1. The maximum absolute atomic E-state index is 13.7. The third kappa shape index (κ3) is 2.15. The van der Waals surface area contributed by atoms with E-state index in [1.54, 1.807) is 4.57 Å². The van der Waals surface area contributed by atoms with Gasteiger partial charge in [-0.25, -0.2) is 8.78 Å². The second-order valence-electron chi connectivity index (χ2n) is 4.08. The minimum Gasteiger partial charge on any atom is -0.330 e. The molecule has 0 amide bonds. The van der Waals surface area contributed by atoms with Crippen molar-refractivity contribution < 1.29 is 8.78 Å². The zero-order chi connectivity index (χ0) is 12.6. The Labute approximate surface area is 103 Å². The van der Waals surface area contributed by atoms with Gasteiger partial charge in [0.25, 0.3) is 0 Å². The van der Waals surface area contributed by atoms with Gasteiger partial charge in [-0.1, -0.05) is 11.6 Å². The molecule has 0 atom stereocenters. The number of halogens is 2. The summed E-state index contributed by atoms with van der Waals surface area (Å²) in [4.78, 5) is 2.86. The smallest absolute Gasteiger partial charge is 0.184 e. The van der Waals surface area contributed by atoms with E-state index in [9.17, 15) is 8.78 Å². The number of hydrogen-bond acceptors (Lipinski definition) is 1. The van der Waals surface area contributed by atoms with E-state index in [-0.39, 0.29) is 5.52 Å². The largest absolute Gasteiger partial charge is 0.330 e. The van der Waals surface area contributed by atoms with Gasteiger partial charge in [-0.05, 0) is 38.2 Å². The fraction of sp³-hybridized carbons (Fsp3) is 0.250. The number of nitrogens with one attached hydrogen (secondary N) is 1. The summed E-state index contributed by atoms with van der Waals surface area (Å²) >= 11 is 5.10. The fourth-order valence-corrected chi connectivity index (χ4v) is 1.91. The molecule has 1 N–H and O–H groups in total. The van der Waals surface area contributed by atoms with Crippen LogP contribution in [-0.2, 0) is 6.54 Å². The van der Waals surface area contributed by atoms with Crippen LogP contribution >= 0.6 is 12.2 Å². The number of imidazole rings is 1. The Bertz CT molecular complexity index is 648. The fourth-order valence-electron chi connectivity index (χ4n) is 1.64. The lowest BCUT2D eigenvalue weighted by molar-refractivity contribution is 0.512. The third-order valence-electron chi connectivity index (χ3n) is 2.51. The Kier molecular flexibility index (Phi) is 3.11. The van der Waals surface area contributed by atoms with E-state index in [1.165, 1.54) is 6.07 Å². The molecular formula is C12H12F2N2S. The van der Waals surface area contributed by atoms with Gasteiger partial charge in [-0.3, -0.25) is 0 Å². The topological polar surface area (TPSA) is 20.7 Å². The maximum Gasteiger partial charge on any atom is 0.184 e. The minimum atomic E-state index is -0.864. The van der Waals surface area contributed by atoms with Crippen molar-refractivity contribution in [2.45, 2.75) is 20.4 Å². The molecule has 0 bridgehead atoms. The van der Waals surface area contributed by atoms with E-state index < -0.39 is 11.6 Å². The van der Waals surface area contributed by atoms with Gasteiger partial charge in [0.1, 0.15) is 5.52 Å². The van der Waals surface area contributed by atoms with Crippen molar-refractivity contribution in [3.8, 4) is 0 Å². The molecule has 2 nitrogen and oxygen atoms in total. The quantitative estimate of drug-likeness (QED) is 0.636. The van der Waals surface area contributed by atoms with Gasteiger partial charge in [0, 0.05) is 6.54 Å². The van der Waals surface area contributed by atoms with Gasteiger partial charge >= 0.3 is 0 Å². The van der Waals surface area contributed by atoms with E-state index in [1.807, 2.05) is 19.9 Å². The number of fused-ring (bicyclic) bond motifs is 1. The summed E-state index contributed by atoms with van der Waals surface area (Å²) in [5.74, 6) is -1.73. The first-order valence-electron chi connectivity index (χ1n) is 5.20. The van der Waals surface area contributed by atoms with Gasteiger partial charge in [-0.2, -0.15) is 0 Å². The highest BCUT2D eigenvalue weighted by molar-refractivity contribution is 7.71. The van der Waals surface area contributed by atoms with Crippen LogP contribution in [0.25, 0.3) is 11.0 Å². The van der Waals surface area contributed by atoms with E-state index in [0.717, 1.165) is 11.6 Å². The van der Waals surface area contributed by atoms with Crippen LogP contribution in [0.1, 0.15) is 13.8 Å². The van der Waals surface area contributed by atoms with Gasteiger partial charge in [-0.15, -0.1) is 0 Å². The van der Waals surface area contributed by atoms with Crippen LogP contribution in [0, 0.1) is 16.4 Å². The second-order valence-corrected chi connectivity index (χ2v) is 4.47. The number of H-pyrrole nitrogens is 1. The Balaban J connectivity index is 2.69. The van der Waals surface area contributed by atoms with Crippen LogP contribution in [0.4, 0.5) is 8.78 Å². The number of aromatic nitrogens is 2. The molecular weight excluding hydrogens is 242 g/mol. The SMILES string of the molecule is CC(C)=CCn1c(=S)[nH]c2ccc(F)c(F)c21. The molecule has 0 unspecified atom stereocenters. The molecule has 0 aliphatic rings. The van der Waals surface area contributed by atoms with Crippen molar-refractivity contribution >= 4 is 23.3 Å². The van der Waals surface area contributed by atoms with Crippen LogP contribution in [0.2, 0.25) is 0 Å². The van der Waals surface area contributed by atoms with Gasteiger partial charge in [0.15, 0.2) is 16.4 Å². The zero-order valence-electron chi connectivity index (χ0n) is 9.55. The summed E-state index contributed by atoms with van der Waals surface area (Å²) in [6.45, 7) is 4.31. The lowest BCUT2D eigenvalue weighted by Crippen LogP contribution is -1.98.